The summed E-state index contributed by atoms with van der Waals surface area (Å²) in [5.74, 6) is -2.78. The molecule has 3 saturated heterocycles. The molecular weight excluding hydrogens is 556 g/mol. The number of rotatable bonds is 14. The van der Waals surface area contributed by atoms with Crippen molar-refractivity contribution in [2.45, 2.75) is 109 Å². The number of aliphatic hydroxyl groups is 1. The Hall–Kier alpha value is -2.97. The van der Waals surface area contributed by atoms with Gasteiger partial charge in [0.05, 0.1) is 30.8 Å². The van der Waals surface area contributed by atoms with E-state index in [2.05, 4.69) is 33.9 Å². The Kier molecular flexibility index (Phi) is 9.86. The van der Waals surface area contributed by atoms with E-state index in [0.29, 0.717) is 38.5 Å². The lowest BCUT2D eigenvalue weighted by atomic mass is 9.66. The van der Waals surface area contributed by atoms with E-state index in [1.54, 1.807) is 17.1 Å². The van der Waals surface area contributed by atoms with E-state index in [0.717, 1.165) is 5.56 Å². The number of nitrogens with zero attached hydrogens (tertiary/aromatic N) is 2. The first-order valence-electron chi connectivity index (χ1n) is 16.0. The highest BCUT2D eigenvalue weighted by molar-refractivity contribution is 5.99. The maximum Gasteiger partial charge on any atom is 0.312 e. The van der Waals surface area contributed by atoms with Crippen molar-refractivity contribution in [1.82, 2.24) is 9.80 Å². The second-order valence-corrected chi connectivity index (χ2v) is 14.9. The summed E-state index contributed by atoms with van der Waals surface area (Å²) in [6, 6.07) is 7.93. The molecule has 3 aliphatic heterocycles. The molecule has 1 spiro atoms. The van der Waals surface area contributed by atoms with Crippen molar-refractivity contribution in [2.24, 2.45) is 17.3 Å². The summed E-state index contributed by atoms with van der Waals surface area (Å²) < 4.78 is 12.5. The van der Waals surface area contributed by atoms with Gasteiger partial charge in [-0.15, -0.1) is 13.2 Å². The first-order chi connectivity index (χ1) is 20.7. The fourth-order valence-electron chi connectivity index (χ4n) is 8.33. The highest BCUT2D eigenvalue weighted by Gasteiger charge is 2.79. The van der Waals surface area contributed by atoms with E-state index < -0.39 is 46.6 Å². The lowest BCUT2D eigenvalue weighted by molar-refractivity contribution is -0.163. The number of hydrogen-bond donors (Lipinski definition) is 1. The Bertz CT molecular complexity index is 1240. The third-order valence-corrected chi connectivity index (χ3v) is 9.69. The molecule has 44 heavy (non-hydrogen) atoms. The molecule has 0 aliphatic carbocycles. The standard InChI is InChI=1S/C36H52N2O6/c1-9-11-15-21-43-32(42)28-27-30(40)38(26(23-39)22-25-16-13-12-14-17-25)29(36(27)19-18-35(28,8)44-36)31(41)37(20-10-2)34(6,7)24-33(3,4)5/h9-10,12-14,16-17,26-29,39H,1-2,11,15,18-24H2,3-8H3/t26-,27+,28-,29?,35+,36?/m1/s1. The lowest BCUT2D eigenvalue weighted by Crippen LogP contribution is -2.62. The van der Waals surface area contributed by atoms with Crippen molar-refractivity contribution in [2.75, 3.05) is 19.8 Å². The van der Waals surface area contributed by atoms with Gasteiger partial charge in [-0.05, 0) is 70.3 Å². The lowest BCUT2D eigenvalue weighted by Gasteiger charge is -2.46. The minimum atomic E-state index is -1.21. The molecule has 1 N–H and O–H groups in total. The number of carbonyl (C=O) groups excluding carboxylic acids is 3. The molecule has 2 amide bonds. The van der Waals surface area contributed by atoms with Crippen LogP contribution in [0.2, 0.25) is 0 Å². The van der Waals surface area contributed by atoms with Gasteiger partial charge in [0.25, 0.3) is 0 Å². The van der Waals surface area contributed by atoms with Crippen LogP contribution in [0.3, 0.4) is 0 Å². The van der Waals surface area contributed by atoms with Crippen LogP contribution in [0, 0.1) is 17.3 Å². The SMILES string of the molecule is C=CCCCOC(=O)[C@H]1[C@H]2C(=O)N([C@@H](CO)Cc3ccccc3)C(C(=O)N(CC=C)C(C)(C)CC(C)(C)C)C23CC[C@]1(C)O3. The quantitative estimate of drug-likeness (QED) is 0.180. The van der Waals surface area contributed by atoms with Crippen molar-refractivity contribution in [3.05, 3.63) is 61.2 Å². The molecule has 0 saturated carbocycles. The van der Waals surface area contributed by atoms with Crippen molar-refractivity contribution in [3.8, 4) is 0 Å². The van der Waals surface area contributed by atoms with Crippen LogP contribution in [0.25, 0.3) is 0 Å². The van der Waals surface area contributed by atoms with Crippen LogP contribution in [0.5, 0.6) is 0 Å². The van der Waals surface area contributed by atoms with E-state index in [1.165, 1.54) is 0 Å². The second kappa shape index (κ2) is 12.8. The Labute approximate surface area is 263 Å². The van der Waals surface area contributed by atoms with Gasteiger partial charge in [-0.25, -0.2) is 0 Å². The van der Waals surface area contributed by atoms with E-state index in [-0.39, 0.29) is 37.0 Å². The number of unbranched alkanes of at least 4 members (excludes halogenated alkanes) is 1. The van der Waals surface area contributed by atoms with Crippen LogP contribution in [0.4, 0.5) is 0 Å². The number of amides is 2. The minimum absolute atomic E-state index is 0.0770. The van der Waals surface area contributed by atoms with Crippen LogP contribution >= 0.6 is 0 Å². The number of benzene rings is 1. The summed E-state index contributed by atoms with van der Waals surface area (Å²) in [5.41, 5.74) is -1.86. The Morgan fingerprint density at radius 3 is 2.43 bits per heavy atom. The largest absolute Gasteiger partial charge is 0.465 e. The summed E-state index contributed by atoms with van der Waals surface area (Å²) in [6.45, 7) is 20.2. The molecule has 3 heterocycles. The van der Waals surface area contributed by atoms with Crippen LogP contribution < -0.4 is 0 Å². The Morgan fingerprint density at radius 2 is 1.84 bits per heavy atom. The van der Waals surface area contributed by atoms with Gasteiger partial charge in [-0.3, -0.25) is 14.4 Å². The number of hydrogen-bond acceptors (Lipinski definition) is 6. The van der Waals surface area contributed by atoms with Crippen LogP contribution in [0.1, 0.15) is 79.2 Å². The van der Waals surface area contributed by atoms with Crippen molar-refractivity contribution in [1.29, 1.82) is 0 Å². The molecule has 8 nitrogen and oxygen atoms in total. The normalized spacial score (nSPS) is 28.5. The number of likely N-dealkylation sites (tertiary alicyclic amines) is 1. The minimum Gasteiger partial charge on any atom is -0.465 e. The van der Waals surface area contributed by atoms with E-state index >= 15 is 4.79 Å². The second-order valence-electron chi connectivity index (χ2n) is 14.9. The van der Waals surface area contributed by atoms with Gasteiger partial charge in [0.15, 0.2) is 0 Å². The number of esters is 1. The molecule has 8 heteroatoms. The van der Waals surface area contributed by atoms with Gasteiger partial charge in [0, 0.05) is 12.1 Å². The molecule has 0 radical (unpaired) electrons. The summed E-state index contributed by atoms with van der Waals surface area (Å²) in [6.07, 6.45) is 6.89. The Balaban J connectivity index is 1.81. The third-order valence-electron chi connectivity index (χ3n) is 9.69. The number of fused-ring (bicyclic) bond motifs is 1. The van der Waals surface area contributed by atoms with E-state index in [1.807, 2.05) is 56.0 Å². The molecule has 0 aromatic heterocycles. The Morgan fingerprint density at radius 1 is 1.16 bits per heavy atom. The van der Waals surface area contributed by atoms with E-state index in [4.69, 9.17) is 9.47 Å². The average Bonchev–Trinajstić information content (AvgIpc) is 3.52. The van der Waals surface area contributed by atoms with Crippen molar-refractivity contribution in [3.63, 3.8) is 0 Å². The smallest absolute Gasteiger partial charge is 0.312 e. The molecule has 242 valence electrons. The van der Waals surface area contributed by atoms with Crippen LogP contribution in [-0.4, -0.2) is 81.3 Å². The molecule has 1 aromatic rings. The molecular formula is C36H52N2O6. The maximum atomic E-state index is 15.0. The fraction of sp³-hybridized carbons (Fsp3) is 0.639. The molecule has 4 rings (SSSR count). The van der Waals surface area contributed by atoms with E-state index in [9.17, 15) is 14.7 Å². The summed E-state index contributed by atoms with van der Waals surface area (Å²) in [7, 11) is 0. The zero-order chi connectivity index (χ0) is 32.5. The third kappa shape index (κ3) is 6.25. The number of aliphatic hydroxyl groups excluding tert-OH is 1. The van der Waals surface area contributed by atoms with Crippen molar-refractivity contribution < 1.29 is 29.0 Å². The summed E-state index contributed by atoms with van der Waals surface area (Å²) in [4.78, 5) is 46.8. The maximum absolute atomic E-state index is 15.0. The monoisotopic (exact) mass is 608 g/mol. The predicted molar refractivity (Wildman–Crippen MR) is 171 cm³/mol. The number of ether oxygens (including phenoxy) is 2. The van der Waals surface area contributed by atoms with Crippen LogP contribution in [-0.2, 0) is 30.3 Å². The van der Waals surface area contributed by atoms with Crippen LogP contribution in [0.15, 0.2) is 55.6 Å². The van der Waals surface area contributed by atoms with Gasteiger partial charge < -0.3 is 24.4 Å². The van der Waals surface area contributed by atoms with Crippen molar-refractivity contribution >= 4 is 17.8 Å². The zero-order valence-corrected chi connectivity index (χ0v) is 27.5. The molecule has 2 unspecified atom stereocenters. The topological polar surface area (TPSA) is 96.4 Å². The molecule has 2 bridgehead atoms. The number of allylic oxidation sites excluding steroid dienone is 1. The van der Waals surface area contributed by atoms with Gasteiger partial charge in [-0.2, -0.15) is 0 Å². The molecule has 3 aliphatic rings. The first kappa shape index (κ1) is 33.9. The fourth-order valence-corrected chi connectivity index (χ4v) is 8.33. The molecule has 3 fully saturated rings. The molecule has 1 aromatic carbocycles. The molecule has 6 atom stereocenters. The highest BCUT2D eigenvalue weighted by atomic mass is 16.6. The first-order valence-corrected chi connectivity index (χ1v) is 16.0. The van der Waals surface area contributed by atoms with Gasteiger partial charge >= 0.3 is 5.97 Å². The zero-order valence-electron chi connectivity index (χ0n) is 27.5. The average molecular weight is 609 g/mol. The summed E-state index contributed by atoms with van der Waals surface area (Å²) in [5, 5.41) is 10.8. The van der Waals surface area contributed by atoms with Gasteiger partial charge in [0.1, 0.15) is 17.6 Å². The highest BCUT2D eigenvalue weighted by Crippen LogP contribution is 2.64. The number of carbonyl (C=O) groups is 3. The van der Waals surface area contributed by atoms with Gasteiger partial charge in [0.2, 0.25) is 11.8 Å². The summed E-state index contributed by atoms with van der Waals surface area (Å²) >= 11 is 0. The van der Waals surface area contributed by atoms with Gasteiger partial charge in [-0.1, -0.05) is 63.3 Å². The predicted octanol–water partition coefficient (Wildman–Crippen LogP) is 5.09.